The summed E-state index contributed by atoms with van der Waals surface area (Å²) in [4.78, 5) is 0. The summed E-state index contributed by atoms with van der Waals surface area (Å²) in [5, 5.41) is 3.59. The van der Waals surface area contributed by atoms with Gasteiger partial charge in [0.05, 0.1) is 0 Å². The Morgan fingerprint density at radius 2 is 1.83 bits per heavy atom. The summed E-state index contributed by atoms with van der Waals surface area (Å²) in [7, 11) is 2.12. The Hall–Kier alpha value is -0.820. The molecule has 1 heteroatoms. The van der Waals surface area contributed by atoms with Crippen LogP contribution in [0.1, 0.15) is 55.3 Å². The second-order valence-electron chi connectivity index (χ2n) is 6.10. The molecule has 2 rings (SSSR count). The van der Waals surface area contributed by atoms with Crippen LogP contribution in [0.15, 0.2) is 18.2 Å². The summed E-state index contributed by atoms with van der Waals surface area (Å²) in [5.41, 5.74) is 4.42. The molecule has 0 saturated heterocycles. The molecule has 1 aromatic carbocycles. The van der Waals surface area contributed by atoms with Gasteiger partial charge in [0.1, 0.15) is 0 Å². The summed E-state index contributed by atoms with van der Waals surface area (Å²) in [6.45, 7) is 6.90. The van der Waals surface area contributed by atoms with Gasteiger partial charge in [0.15, 0.2) is 0 Å². The topological polar surface area (TPSA) is 12.0 Å². The van der Waals surface area contributed by atoms with E-state index in [-0.39, 0.29) is 0 Å². The van der Waals surface area contributed by atoms with Crippen molar-refractivity contribution in [2.24, 2.45) is 11.8 Å². The van der Waals surface area contributed by atoms with Crippen molar-refractivity contribution in [1.29, 1.82) is 0 Å². The van der Waals surface area contributed by atoms with Crippen LogP contribution in [0.5, 0.6) is 0 Å². The number of nitrogens with one attached hydrogen (secondary N) is 1. The van der Waals surface area contributed by atoms with Crippen LogP contribution in [0.3, 0.4) is 0 Å². The van der Waals surface area contributed by atoms with Gasteiger partial charge in [-0.1, -0.05) is 38.0 Å². The van der Waals surface area contributed by atoms with Crippen LogP contribution in [-0.4, -0.2) is 7.05 Å². The third-order valence-corrected chi connectivity index (χ3v) is 4.61. The molecule has 18 heavy (non-hydrogen) atoms. The summed E-state index contributed by atoms with van der Waals surface area (Å²) < 4.78 is 0. The van der Waals surface area contributed by atoms with Gasteiger partial charge >= 0.3 is 0 Å². The normalized spacial score (nSPS) is 26.0. The van der Waals surface area contributed by atoms with Crippen LogP contribution in [-0.2, 0) is 0 Å². The molecule has 0 heterocycles. The molecule has 1 N–H and O–H groups in total. The van der Waals surface area contributed by atoms with Crippen LogP contribution >= 0.6 is 0 Å². The minimum Gasteiger partial charge on any atom is -0.313 e. The quantitative estimate of drug-likeness (QED) is 0.832. The summed E-state index contributed by atoms with van der Waals surface area (Å²) in [5.74, 6) is 1.70. The second kappa shape index (κ2) is 5.88. The summed E-state index contributed by atoms with van der Waals surface area (Å²) in [6, 6.07) is 7.20. The minimum atomic E-state index is 0.536. The van der Waals surface area contributed by atoms with Crippen LogP contribution in [0, 0.1) is 25.7 Å². The number of hydrogen-bond acceptors (Lipinski definition) is 1. The smallest absolute Gasteiger partial charge is 0.0351 e. The Labute approximate surface area is 112 Å². The molecule has 0 aliphatic heterocycles. The minimum absolute atomic E-state index is 0.536. The maximum Gasteiger partial charge on any atom is 0.0351 e. The number of aryl methyl sites for hydroxylation is 2. The van der Waals surface area contributed by atoms with Gasteiger partial charge in [-0.15, -0.1) is 0 Å². The fraction of sp³-hybridized carbons (Fsp3) is 0.647. The highest BCUT2D eigenvalue weighted by Gasteiger charge is 2.28. The van der Waals surface area contributed by atoms with E-state index in [0.29, 0.717) is 6.04 Å². The van der Waals surface area contributed by atoms with Gasteiger partial charge < -0.3 is 5.32 Å². The maximum atomic E-state index is 3.59. The van der Waals surface area contributed by atoms with Crippen molar-refractivity contribution >= 4 is 0 Å². The molecule has 1 aromatic rings. The van der Waals surface area contributed by atoms with Gasteiger partial charge in [0.25, 0.3) is 0 Å². The third kappa shape index (κ3) is 2.77. The molecule has 1 fully saturated rings. The van der Waals surface area contributed by atoms with Crippen LogP contribution in [0.2, 0.25) is 0 Å². The number of hydrogen-bond donors (Lipinski definition) is 1. The number of benzene rings is 1. The monoisotopic (exact) mass is 245 g/mol. The Bertz CT molecular complexity index is 376. The first kappa shape index (κ1) is 13.6. The Kier molecular flexibility index (Phi) is 4.45. The van der Waals surface area contributed by atoms with E-state index in [4.69, 9.17) is 0 Å². The lowest BCUT2D eigenvalue weighted by atomic mass is 9.75. The molecule has 1 nitrogen and oxygen atoms in total. The zero-order valence-electron chi connectivity index (χ0n) is 12.3. The highest BCUT2D eigenvalue weighted by Crippen LogP contribution is 2.38. The molecule has 0 aromatic heterocycles. The van der Waals surface area contributed by atoms with E-state index in [1.165, 1.54) is 36.8 Å². The summed E-state index contributed by atoms with van der Waals surface area (Å²) in [6.07, 6.45) is 5.57. The van der Waals surface area contributed by atoms with Crippen molar-refractivity contribution < 1.29 is 0 Å². The zero-order chi connectivity index (χ0) is 13.1. The largest absolute Gasteiger partial charge is 0.313 e. The lowest BCUT2D eigenvalue weighted by Gasteiger charge is -2.35. The van der Waals surface area contributed by atoms with Crippen molar-refractivity contribution in [3.63, 3.8) is 0 Å². The Morgan fingerprint density at radius 3 is 2.39 bits per heavy atom. The maximum absolute atomic E-state index is 3.59. The van der Waals surface area contributed by atoms with Gasteiger partial charge in [-0.25, -0.2) is 0 Å². The van der Waals surface area contributed by atoms with E-state index in [1.54, 1.807) is 5.56 Å². The van der Waals surface area contributed by atoms with Gasteiger partial charge in [0.2, 0.25) is 0 Å². The van der Waals surface area contributed by atoms with Gasteiger partial charge in [-0.3, -0.25) is 0 Å². The standard InChI is InChI=1S/C17H27N/c1-12-7-5-10-15(11-12)17(18-4)16-13(2)8-6-9-14(16)3/h6,8-9,12,15,17-18H,5,7,10-11H2,1-4H3. The lowest BCUT2D eigenvalue weighted by Crippen LogP contribution is -2.30. The van der Waals surface area contributed by atoms with Crippen molar-refractivity contribution in [1.82, 2.24) is 5.32 Å². The van der Waals surface area contributed by atoms with Crippen molar-refractivity contribution in [2.75, 3.05) is 7.05 Å². The molecule has 0 amide bonds. The Morgan fingerprint density at radius 1 is 1.17 bits per heavy atom. The highest BCUT2D eigenvalue weighted by atomic mass is 14.9. The molecule has 3 unspecified atom stereocenters. The SMILES string of the molecule is CNC(c1c(C)cccc1C)C1CCCC(C)C1. The van der Waals surface area contributed by atoms with Crippen molar-refractivity contribution in [3.05, 3.63) is 34.9 Å². The van der Waals surface area contributed by atoms with Crippen LogP contribution in [0.4, 0.5) is 0 Å². The van der Waals surface area contributed by atoms with Gasteiger partial charge in [0, 0.05) is 6.04 Å². The molecule has 0 bridgehead atoms. The van der Waals surface area contributed by atoms with Crippen LogP contribution in [0.25, 0.3) is 0 Å². The van der Waals surface area contributed by atoms with Crippen LogP contribution < -0.4 is 5.32 Å². The van der Waals surface area contributed by atoms with Crippen molar-refractivity contribution in [3.8, 4) is 0 Å². The first-order chi connectivity index (χ1) is 8.63. The van der Waals surface area contributed by atoms with E-state index < -0.39 is 0 Å². The molecule has 3 atom stereocenters. The highest BCUT2D eigenvalue weighted by molar-refractivity contribution is 5.36. The predicted molar refractivity (Wildman–Crippen MR) is 78.8 cm³/mol. The fourth-order valence-corrected chi connectivity index (χ4v) is 3.72. The predicted octanol–water partition coefficient (Wildman–Crippen LogP) is 4.39. The van der Waals surface area contributed by atoms with Gasteiger partial charge in [-0.2, -0.15) is 0 Å². The van der Waals surface area contributed by atoms with E-state index in [0.717, 1.165) is 11.8 Å². The average molecular weight is 245 g/mol. The fourth-order valence-electron chi connectivity index (χ4n) is 3.72. The van der Waals surface area contributed by atoms with Crippen molar-refractivity contribution in [2.45, 2.75) is 52.5 Å². The molecule has 0 spiro atoms. The molecule has 1 aliphatic carbocycles. The molecule has 1 aliphatic rings. The zero-order valence-corrected chi connectivity index (χ0v) is 12.3. The summed E-state index contributed by atoms with van der Waals surface area (Å²) >= 11 is 0. The van der Waals surface area contributed by atoms with E-state index in [2.05, 4.69) is 51.3 Å². The molecule has 0 radical (unpaired) electrons. The second-order valence-corrected chi connectivity index (χ2v) is 6.10. The van der Waals surface area contributed by atoms with Gasteiger partial charge in [-0.05, 0) is 62.3 Å². The average Bonchev–Trinajstić information content (AvgIpc) is 2.34. The third-order valence-electron chi connectivity index (χ3n) is 4.61. The first-order valence-corrected chi connectivity index (χ1v) is 7.37. The van der Waals surface area contributed by atoms with E-state index in [9.17, 15) is 0 Å². The molecular weight excluding hydrogens is 218 g/mol. The molecule has 100 valence electrons. The molecular formula is C17H27N. The van der Waals surface area contributed by atoms with E-state index in [1.807, 2.05) is 0 Å². The first-order valence-electron chi connectivity index (χ1n) is 7.37. The lowest BCUT2D eigenvalue weighted by molar-refractivity contribution is 0.229. The number of rotatable bonds is 3. The molecule has 1 saturated carbocycles. The van der Waals surface area contributed by atoms with E-state index >= 15 is 0 Å². The Balaban J connectivity index is 2.27.